The highest BCUT2D eigenvalue weighted by atomic mass is 32.2. The molecule has 5 rings (SSSR count). The number of ether oxygens (including phenoxy) is 1. The van der Waals surface area contributed by atoms with Gasteiger partial charge in [0.05, 0.1) is 30.8 Å². The van der Waals surface area contributed by atoms with Crippen molar-refractivity contribution in [3.63, 3.8) is 0 Å². The number of hydrogen-bond donors (Lipinski definition) is 1. The number of amides is 2. The Morgan fingerprint density at radius 3 is 2.70 bits per heavy atom. The van der Waals surface area contributed by atoms with Crippen LogP contribution in [0.4, 0.5) is 4.39 Å². The van der Waals surface area contributed by atoms with E-state index in [-0.39, 0.29) is 61.3 Å². The zero-order valence-corrected chi connectivity index (χ0v) is 22.7. The van der Waals surface area contributed by atoms with Crippen LogP contribution >= 0.6 is 0 Å². The number of sulfonamides is 1. The van der Waals surface area contributed by atoms with Crippen LogP contribution in [0.2, 0.25) is 0 Å². The van der Waals surface area contributed by atoms with Gasteiger partial charge in [0, 0.05) is 51.8 Å². The smallest absolute Gasteiger partial charge is 0.263 e. The lowest BCUT2D eigenvalue weighted by atomic mass is 9.99. The molecule has 212 valence electrons. The van der Waals surface area contributed by atoms with E-state index in [1.54, 1.807) is 18.5 Å². The first-order chi connectivity index (χ1) is 19.1. The summed E-state index contributed by atoms with van der Waals surface area (Å²) in [5.74, 6) is -2.18. The molecule has 13 nitrogen and oxygen atoms in total. The van der Waals surface area contributed by atoms with Gasteiger partial charge in [0.2, 0.25) is 15.9 Å². The van der Waals surface area contributed by atoms with Crippen LogP contribution in [0.3, 0.4) is 0 Å². The fraction of sp³-hybridized carbons (Fsp3) is 0.400. The second kappa shape index (κ2) is 10.8. The van der Waals surface area contributed by atoms with Gasteiger partial charge >= 0.3 is 0 Å². The van der Waals surface area contributed by atoms with Crippen LogP contribution in [0.25, 0.3) is 0 Å². The number of pyridine rings is 1. The molecule has 0 aliphatic carbocycles. The predicted molar refractivity (Wildman–Crippen MR) is 139 cm³/mol. The second-order valence-electron chi connectivity index (χ2n) is 9.77. The SMILES string of the molecule is COc1ccc(S(=O)(=O)N2C[C@@H]3CC(=O)NCCN(C)C(=O)c4cccn(c4=O)Cc4cn(nn4)[C@@H]3C2)cc1F. The number of rotatable bonds is 3. The molecule has 1 saturated heterocycles. The molecule has 0 radical (unpaired) electrons. The Balaban J connectivity index is 1.48. The van der Waals surface area contributed by atoms with Crippen molar-refractivity contribution in [3.8, 4) is 5.75 Å². The first kappa shape index (κ1) is 27.5. The number of carbonyl (C=O) groups excluding carboxylic acids is 2. The molecular weight excluding hydrogens is 545 g/mol. The molecule has 0 saturated carbocycles. The summed E-state index contributed by atoms with van der Waals surface area (Å²) >= 11 is 0. The Bertz CT molecular complexity index is 1620. The van der Waals surface area contributed by atoms with Crippen molar-refractivity contribution in [2.24, 2.45) is 5.92 Å². The molecule has 1 N–H and O–H groups in total. The number of methoxy groups -OCH3 is 1. The largest absolute Gasteiger partial charge is 0.494 e. The quantitative estimate of drug-likeness (QED) is 0.464. The van der Waals surface area contributed by atoms with Crippen molar-refractivity contribution in [1.29, 1.82) is 0 Å². The fourth-order valence-corrected chi connectivity index (χ4v) is 6.52. The first-order valence-corrected chi connectivity index (χ1v) is 14.0. The van der Waals surface area contributed by atoms with Crippen LogP contribution in [0.5, 0.6) is 5.75 Å². The minimum absolute atomic E-state index is 0.0108. The van der Waals surface area contributed by atoms with E-state index in [4.69, 9.17) is 4.74 Å². The molecular formula is C25H28FN7O6S. The van der Waals surface area contributed by atoms with Crippen LogP contribution in [-0.4, -0.2) is 89.3 Å². The number of nitrogens with one attached hydrogen (secondary N) is 1. The van der Waals surface area contributed by atoms with E-state index in [2.05, 4.69) is 15.6 Å². The van der Waals surface area contributed by atoms with Gasteiger partial charge in [0.1, 0.15) is 11.3 Å². The van der Waals surface area contributed by atoms with Crippen LogP contribution in [0, 0.1) is 11.7 Å². The van der Waals surface area contributed by atoms with Crippen molar-refractivity contribution >= 4 is 21.8 Å². The average molecular weight is 574 g/mol. The number of nitrogens with zero attached hydrogens (tertiary/aromatic N) is 6. The molecule has 1 aromatic carbocycles. The van der Waals surface area contributed by atoms with Gasteiger partial charge in [0.25, 0.3) is 11.5 Å². The summed E-state index contributed by atoms with van der Waals surface area (Å²) in [6, 6.07) is 5.91. The van der Waals surface area contributed by atoms with Crippen molar-refractivity contribution in [1.82, 2.24) is 34.1 Å². The summed E-state index contributed by atoms with van der Waals surface area (Å²) in [6.07, 6.45) is 3.12. The average Bonchev–Trinajstić information content (AvgIpc) is 3.56. The summed E-state index contributed by atoms with van der Waals surface area (Å²) in [5, 5.41) is 11.1. The molecule has 0 spiro atoms. The Morgan fingerprint density at radius 1 is 1.15 bits per heavy atom. The minimum Gasteiger partial charge on any atom is -0.494 e. The number of halogens is 1. The van der Waals surface area contributed by atoms with E-state index in [1.807, 2.05) is 0 Å². The van der Waals surface area contributed by atoms with E-state index in [0.717, 1.165) is 6.07 Å². The summed E-state index contributed by atoms with van der Waals surface area (Å²) in [7, 11) is -1.29. The third-order valence-corrected chi connectivity index (χ3v) is 9.01. The van der Waals surface area contributed by atoms with Crippen molar-refractivity contribution in [3.05, 3.63) is 70.2 Å². The van der Waals surface area contributed by atoms with E-state index in [9.17, 15) is 27.2 Å². The van der Waals surface area contributed by atoms with Crippen LogP contribution < -0.4 is 15.6 Å². The summed E-state index contributed by atoms with van der Waals surface area (Å²) in [6.45, 7) is 0.305. The zero-order valence-electron chi connectivity index (χ0n) is 21.9. The third-order valence-electron chi connectivity index (χ3n) is 7.18. The molecule has 1 fully saturated rings. The van der Waals surface area contributed by atoms with Crippen LogP contribution in [-0.2, 0) is 21.4 Å². The monoisotopic (exact) mass is 573 g/mol. The van der Waals surface area contributed by atoms with Gasteiger partial charge in [0.15, 0.2) is 11.6 Å². The zero-order chi connectivity index (χ0) is 28.6. The van der Waals surface area contributed by atoms with E-state index >= 15 is 0 Å². The molecule has 3 aromatic rings. The number of benzene rings is 1. The normalized spacial score (nSPS) is 20.7. The molecule has 2 atom stereocenters. The predicted octanol–water partition coefficient (Wildman–Crippen LogP) is 0.0895. The number of carbonyl (C=O) groups is 2. The van der Waals surface area contributed by atoms with E-state index < -0.39 is 39.3 Å². The highest BCUT2D eigenvalue weighted by Crippen LogP contribution is 2.34. The Labute approximate surface area is 229 Å². The molecule has 4 heterocycles. The summed E-state index contributed by atoms with van der Waals surface area (Å²) in [4.78, 5) is 39.8. The maximum atomic E-state index is 14.3. The van der Waals surface area contributed by atoms with Gasteiger partial charge in [-0.15, -0.1) is 5.10 Å². The fourth-order valence-electron chi connectivity index (χ4n) is 5.00. The van der Waals surface area contributed by atoms with Crippen LogP contribution in [0.1, 0.15) is 28.5 Å². The number of hydrogen-bond acceptors (Lipinski definition) is 8. The lowest BCUT2D eigenvalue weighted by Gasteiger charge is -2.20. The van der Waals surface area contributed by atoms with Gasteiger partial charge in [-0.3, -0.25) is 14.4 Å². The molecule has 2 amide bonds. The Hall–Kier alpha value is -4.11. The highest BCUT2D eigenvalue weighted by molar-refractivity contribution is 7.89. The lowest BCUT2D eigenvalue weighted by molar-refractivity contribution is -0.122. The number of aromatic nitrogens is 4. The van der Waals surface area contributed by atoms with Gasteiger partial charge in [-0.2, -0.15) is 4.31 Å². The molecule has 2 aliphatic heterocycles. The maximum Gasteiger partial charge on any atom is 0.263 e. The topological polar surface area (TPSA) is 149 Å². The van der Waals surface area contributed by atoms with Gasteiger partial charge in [-0.05, 0) is 30.3 Å². The van der Waals surface area contributed by atoms with Gasteiger partial charge < -0.3 is 19.5 Å². The van der Waals surface area contributed by atoms with E-state index in [0.29, 0.717) is 5.69 Å². The first-order valence-electron chi connectivity index (χ1n) is 12.5. The molecule has 2 aromatic heterocycles. The molecule has 0 unspecified atom stereocenters. The van der Waals surface area contributed by atoms with Crippen LogP contribution in [0.15, 0.2) is 52.4 Å². The van der Waals surface area contributed by atoms with Crippen molar-refractivity contribution < 1.29 is 27.1 Å². The van der Waals surface area contributed by atoms with Crippen molar-refractivity contribution in [2.45, 2.75) is 23.9 Å². The number of fused-ring (bicyclic) bond motifs is 6. The van der Waals surface area contributed by atoms with Gasteiger partial charge in [-0.25, -0.2) is 17.5 Å². The number of likely N-dealkylation sites (N-methyl/N-ethyl adjacent to an activating group) is 1. The molecule has 2 aliphatic rings. The van der Waals surface area contributed by atoms with Crippen molar-refractivity contribution in [2.75, 3.05) is 40.3 Å². The molecule has 40 heavy (non-hydrogen) atoms. The lowest BCUT2D eigenvalue weighted by Crippen LogP contribution is -2.39. The Kier molecular flexibility index (Phi) is 7.42. The second-order valence-corrected chi connectivity index (χ2v) is 11.7. The van der Waals surface area contributed by atoms with E-state index in [1.165, 1.54) is 50.8 Å². The standard InChI is InChI=1S/C25H28FN7O6S/c1-30-9-7-27-23(34)10-16-12-32(40(37,38)18-5-6-22(39-2)20(26)11-18)15-21(16)33-14-17(28-29-33)13-31-8-3-4-19(24(30)35)25(31)36/h3-6,8,11,14,16,21H,7,9-10,12-13,15H2,1-2H3,(H,27,34)/t16-,21+/m0/s1. The minimum atomic E-state index is -4.12. The molecule has 15 heteroatoms. The third kappa shape index (κ3) is 5.21. The Morgan fingerprint density at radius 2 is 1.95 bits per heavy atom. The summed E-state index contributed by atoms with van der Waals surface area (Å²) < 4.78 is 50.2. The van der Waals surface area contributed by atoms with Gasteiger partial charge in [-0.1, -0.05) is 5.21 Å². The highest BCUT2D eigenvalue weighted by Gasteiger charge is 2.42. The summed E-state index contributed by atoms with van der Waals surface area (Å²) in [5.41, 5.74) is -0.0934. The molecule has 4 bridgehead atoms. The maximum absolute atomic E-state index is 14.3.